The minimum absolute atomic E-state index is 0.105. The molecule has 0 radical (unpaired) electrons. The van der Waals surface area contributed by atoms with E-state index < -0.39 is 0 Å². The number of rotatable bonds is 5. The van der Waals surface area contributed by atoms with Gasteiger partial charge in [0, 0.05) is 25.4 Å². The van der Waals surface area contributed by atoms with Crippen LogP contribution < -0.4 is 10.6 Å². The molecule has 0 aromatic carbocycles. The molecule has 1 aromatic heterocycles. The van der Waals surface area contributed by atoms with Crippen LogP contribution in [0.5, 0.6) is 0 Å². The van der Waals surface area contributed by atoms with Crippen LogP contribution >= 0.6 is 0 Å². The van der Waals surface area contributed by atoms with E-state index in [2.05, 4.69) is 15.6 Å². The van der Waals surface area contributed by atoms with Gasteiger partial charge in [-0.05, 0) is 38.8 Å². The van der Waals surface area contributed by atoms with Crippen molar-refractivity contribution < 1.29 is 9.53 Å². The molecule has 2 heterocycles. The normalized spacial score (nSPS) is 18.6. The number of anilines is 1. The number of pyridine rings is 1. The molecule has 1 aliphatic heterocycles. The summed E-state index contributed by atoms with van der Waals surface area (Å²) in [5.74, 6) is 0.522. The van der Waals surface area contributed by atoms with Crippen molar-refractivity contribution in [1.29, 1.82) is 0 Å². The monoisotopic (exact) mass is 263 g/mol. The molecule has 0 saturated carbocycles. The average molecular weight is 263 g/mol. The minimum Gasteiger partial charge on any atom is -0.376 e. The molecule has 1 amide bonds. The summed E-state index contributed by atoms with van der Waals surface area (Å²) in [4.78, 5) is 16.4. The minimum atomic E-state index is -0.105. The van der Waals surface area contributed by atoms with Crippen LogP contribution in [0.2, 0.25) is 0 Å². The first-order chi connectivity index (χ1) is 9.16. The fourth-order valence-corrected chi connectivity index (χ4v) is 2.08. The van der Waals surface area contributed by atoms with Crippen LogP contribution in [0.4, 0.5) is 5.82 Å². The van der Waals surface area contributed by atoms with Gasteiger partial charge in [-0.1, -0.05) is 0 Å². The zero-order valence-electron chi connectivity index (χ0n) is 11.5. The molecule has 104 valence electrons. The Morgan fingerprint density at radius 3 is 3.11 bits per heavy atom. The smallest absolute Gasteiger partial charge is 0.255 e. The van der Waals surface area contributed by atoms with Crippen molar-refractivity contribution in [3.8, 4) is 0 Å². The van der Waals surface area contributed by atoms with Gasteiger partial charge in [0.1, 0.15) is 5.82 Å². The molecule has 0 unspecified atom stereocenters. The van der Waals surface area contributed by atoms with Crippen LogP contribution in [-0.2, 0) is 4.74 Å². The largest absolute Gasteiger partial charge is 0.376 e. The Kier molecular flexibility index (Phi) is 4.74. The fraction of sp³-hybridized carbons (Fsp3) is 0.571. The Labute approximate surface area is 113 Å². The lowest BCUT2D eigenvalue weighted by Crippen LogP contribution is -2.32. The van der Waals surface area contributed by atoms with E-state index >= 15 is 0 Å². The first-order valence-electron chi connectivity index (χ1n) is 6.78. The van der Waals surface area contributed by atoms with Crippen LogP contribution in [-0.4, -0.2) is 36.2 Å². The summed E-state index contributed by atoms with van der Waals surface area (Å²) >= 11 is 0. The van der Waals surface area contributed by atoms with Crippen LogP contribution in [0.25, 0.3) is 0 Å². The van der Waals surface area contributed by atoms with E-state index in [4.69, 9.17) is 4.74 Å². The highest BCUT2D eigenvalue weighted by atomic mass is 16.5. The lowest BCUT2D eigenvalue weighted by atomic mass is 10.2. The fourth-order valence-electron chi connectivity index (χ4n) is 2.08. The topological polar surface area (TPSA) is 63.2 Å². The molecule has 1 fully saturated rings. The van der Waals surface area contributed by atoms with E-state index in [9.17, 15) is 4.79 Å². The number of carbonyl (C=O) groups is 1. The SMILES string of the molecule is CC(C)Nc1ncccc1C(=O)NC[C@@H]1CCCO1. The number of nitrogens with one attached hydrogen (secondary N) is 2. The second kappa shape index (κ2) is 6.52. The van der Waals surface area contributed by atoms with Crippen molar-refractivity contribution in [2.45, 2.75) is 38.8 Å². The van der Waals surface area contributed by atoms with Gasteiger partial charge in [-0.15, -0.1) is 0 Å². The van der Waals surface area contributed by atoms with Crippen LogP contribution in [0.15, 0.2) is 18.3 Å². The van der Waals surface area contributed by atoms with E-state index in [1.54, 1.807) is 18.3 Å². The van der Waals surface area contributed by atoms with Gasteiger partial charge in [0.15, 0.2) is 0 Å². The molecule has 1 saturated heterocycles. The van der Waals surface area contributed by atoms with Gasteiger partial charge >= 0.3 is 0 Å². The highest BCUT2D eigenvalue weighted by Gasteiger charge is 2.18. The number of amides is 1. The third-order valence-corrected chi connectivity index (χ3v) is 2.99. The first-order valence-corrected chi connectivity index (χ1v) is 6.78. The van der Waals surface area contributed by atoms with Gasteiger partial charge in [0.25, 0.3) is 5.91 Å². The molecule has 0 bridgehead atoms. The van der Waals surface area contributed by atoms with E-state index in [0.717, 1.165) is 19.4 Å². The molecule has 2 N–H and O–H groups in total. The molecule has 0 aliphatic carbocycles. The quantitative estimate of drug-likeness (QED) is 0.850. The zero-order valence-corrected chi connectivity index (χ0v) is 11.5. The Balaban J connectivity index is 1.97. The number of ether oxygens (including phenoxy) is 1. The Morgan fingerprint density at radius 2 is 2.42 bits per heavy atom. The maximum absolute atomic E-state index is 12.2. The van der Waals surface area contributed by atoms with Crippen molar-refractivity contribution in [2.24, 2.45) is 0 Å². The van der Waals surface area contributed by atoms with Crippen LogP contribution in [0, 0.1) is 0 Å². The lowest BCUT2D eigenvalue weighted by Gasteiger charge is -2.14. The van der Waals surface area contributed by atoms with E-state index in [0.29, 0.717) is 17.9 Å². The maximum atomic E-state index is 12.2. The predicted molar refractivity (Wildman–Crippen MR) is 74.3 cm³/mol. The molecule has 1 atom stereocenters. The third-order valence-electron chi connectivity index (χ3n) is 2.99. The first kappa shape index (κ1) is 13.8. The molecular formula is C14H21N3O2. The molecule has 5 heteroatoms. The summed E-state index contributed by atoms with van der Waals surface area (Å²) in [5.41, 5.74) is 0.578. The molecule has 1 aromatic rings. The van der Waals surface area contributed by atoms with Crippen LogP contribution in [0.3, 0.4) is 0 Å². The number of hydrogen-bond acceptors (Lipinski definition) is 4. The lowest BCUT2D eigenvalue weighted by molar-refractivity contribution is 0.0858. The predicted octanol–water partition coefficient (Wildman–Crippen LogP) is 1.81. The van der Waals surface area contributed by atoms with Crippen LogP contribution in [0.1, 0.15) is 37.0 Å². The van der Waals surface area contributed by atoms with Gasteiger partial charge in [0.2, 0.25) is 0 Å². The van der Waals surface area contributed by atoms with Gasteiger partial charge < -0.3 is 15.4 Å². The number of aromatic nitrogens is 1. The van der Waals surface area contributed by atoms with Gasteiger partial charge in [-0.3, -0.25) is 4.79 Å². The molecule has 19 heavy (non-hydrogen) atoms. The van der Waals surface area contributed by atoms with Crippen molar-refractivity contribution in [2.75, 3.05) is 18.5 Å². The van der Waals surface area contributed by atoms with Crippen molar-refractivity contribution in [3.63, 3.8) is 0 Å². The summed E-state index contributed by atoms with van der Waals surface area (Å²) < 4.78 is 5.49. The zero-order chi connectivity index (χ0) is 13.7. The maximum Gasteiger partial charge on any atom is 0.255 e. The van der Waals surface area contributed by atoms with Gasteiger partial charge in [-0.2, -0.15) is 0 Å². The Bertz CT molecular complexity index is 428. The Morgan fingerprint density at radius 1 is 1.58 bits per heavy atom. The third kappa shape index (κ3) is 3.92. The summed E-state index contributed by atoms with van der Waals surface area (Å²) in [7, 11) is 0. The molecule has 1 aliphatic rings. The van der Waals surface area contributed by atoms with E-state index in [1.807, 2.05) is 13.8 Å². The second-order valence-electron chi connectivity index (χ2n) is 5.04. The number of hydrogen-bond donors (Lipinski definition) is 2. The number of nitrogens with zero attached hydrogens (tertiary/aromatic N) is 1. The summed E-state index contributed by atoms with van der Waals surface area (Å²) in [6.45, 7) is 5.40. The molecule has 2 rings (SSSR count). The highest BCUT2D eigenvalue weighted by Crippen LogP contribution is 2.14. The van der Waals surface area contributed by atoms with E-state index in [1.165, 1.54) is 0 Å². The molecular weight excluding hydrogens is 242 g/mol. The van der Waals surface area contributed by atoms with Gasteiger partial charge in [0.05, 0.1) is 11.7 Å². The summed E-state index contributed by atoms with van der Waals surface area (Å²) in [5, 5.41) is 6.09. The summed E-state index contributed by atoms with van der Waals surface area (Å²) in [6.07, 6.45) is 3.93. The van der Waals surface area contributed by atoms with Crippen molar-refractivity contribution in [3.05, 3.63) is 23.9 Å². The average Bonchev–Trinajstić information content (AvgIpc) is 2.89. The molecule has 5 nitrogen and oxygen atoms in total. The highest BCUT2D eigenvalue weighted by molar-refractivity contribution is 5.98. The summed E-state index contributed by atoms with van der Waals surface area (Å²) in [6, 6.07) is 3.79. The standard InChI is InChI=1S/C14H21N3O2/c1-10(2)17-13-12(6-3-7-15-13)14(18)16-9-11-5-4-8-19-11/h3,6-7,10-11H,4-5,8-9H2,1-2H3,(H,15,17)(H,16,18)/t11-/m0/s1. The van der Waals surface area contributed by atoms with E-state index in [-0.39, 0.29) is 18.1 Å². The second-order valence-corrected chi connectivity index (χ2v) is 5.04. The van der Waals surface area contributed by atoms with Crippen molar-refractivity contribution >= 4 is 11.7 Å². The van der Waals surface area contributed by atoms with Crippen molar-refractivity contribution in [1.82, 2.24) is 10.3 Å². The molecule has 0 spiro atoms. The van der Waals surface area contributed by atoms with Gasteiger partial charge in [-0.25, -0.2) is 4.98 Å². The number of carbonyl (C=O) groups excluding carboxylic acids is 1. The Hall–Kier alpha value is -1.62.